The molecule has 3 rings (SSSR count). The van der Waals surface area contributed by atoms with Gasteiger partial charge in [0.05, 0.1) is 5.69 Å². The van der Waals surface area contributed by atoms with E-state index in [1.165, 1.54) is 17.0 Å². The number of halogens is 1. The second-order valence-electron chi connectivity index (χ2n) is 7.06. The highest BCUT2D eigenvalue weighted by atomic mass is 35.5. The number of aliphatic hydroxyl groups excluding tert-OH is 1. The van der Waals surface area contributed by atoms with Crippen LogP contribution >= 0.6 is 11.6 Å². The van der Waals surface area contributed by atoms with Crippen molar-refractivity contribution in [2.75, 3.05) is 0 Å². The van der Waals surface area contributed by atoms with Gasteiger partial charge in [0.2, 0.25) is 0 Å². The first-order chi connectivity index (χ1) is 11.5. The monoisotopic (exact) mass is 342 g/mol. The standard InChI is InChI=1S/C19H24BClN2O/c1-12(2)19-22-16-5-3-4-14(10-17(20)24)18(16)23(19)11-13-6-8-15(21)9-7-13/h6-9,12,14,17,24H,3-5,10-11H2,1-2H3. The molecule has 0 aliphatic heterocycles. The Morgan fingerprint density at radius 3 is 2.67 bits per heavy atom. The van der Waals surface area contributed by atoms with Crippen LogP contribution in [0.2, 0.25) is 5.02 Å². The second kappa shape index (κ2) is 7.32. The van der Waals surface area contributed by atoms with Crippen LogP contribution in [0.1, 0.15) is 67.7 Å². The van der Waals surface area contributed by atoms with Gasteiger partial charge in [0.15, 0.2) is 0 Å². The first-order valence-electron chi connectivity index (χ1n) is 8.73. The Morgan fingerprint density at radius 2 is 2.04 bits per heavy atom. The number of aryl methyl sites for hydroxylation is 1. The summed E-state index contributed by atoms with van der Waals surface area (Å²) in [6.45, 7) is 5.14. The Kier molecular flexibility index (Phi) is 5.36. The van der Waals surface area contributed by atoms with Gasteiger partial charge in [0.1, 0.15) is 13.7 Å². The maximum Gasteiger partial charge on any atom is 0.112 e. The van der Waals surface area contributed by atoms with E-state index in [-0.39, 0.29) is 5.92 Å². The molecule has 1 aliphatic carbocycles. The molecule has 1 heterocycles. The Morgan fingerprint density at radius 1 is 1.33 bits per heavy atom. The third-order valence-corrected chi connectivity index (χ3v) is 5.01. The van der Waals surface area contributed by atoms with Crippen molar-refractivity contribution >= 4 is 19.4 Å². The number of benzene rings is 1. The number of aromatic nitrogens is 2. The van der Waals surface area contributed by atoms with Crippen molar-refractivity contribution in [3.63, 3.8) is 0 Å². The molecule has 2 atom stereocenters. The lowest BCUT2D eigenvalue weighted by Gasteiger charge is -2.26. The van der Waals surface area contributed by atoms with Crippen molar-refractivity contribution < 1.29 is 5.11 Å². The Hall–Kier alpha value is -1.26. The minimum absolute atomic E-state index is 0.279. The summed E-state index contributed by atoms with van der Waals surface area (Å²) in [4.78, 5) is 4.94. The molecule has 24 heavy (non-hydrogen) atoms. The number of hydrogen-bond donors (Lipinski definition) is 1. The average molecular weight is 343 g/mol. The predicted octanol–water partition coefficient (Wildman–Crippen LogP) is 4.01. The highest BCUT2D eigenvalue weighted by molar-refractivity contribution is 6.30. The van der Waals surface area contributed by atoms with Crippen LogP contribution in [0, 0.1) is 0 Å². The molecule has 2 aromatic rings. The van der Waals surface area contributed by atoms with Gasteiger partial charge >= 0.3 is 0 Å². The van der Waals surface area contributed by atoms with Crippen LogP contribution in [0.5, 0.6) is 0 Å². The molecule has 3 nitrogen and oxygen atoms in total. The van der Waals surface area contributed by atoms with Crippen LogP contribution in [0.15, 0.2) is 24.3 Å². The van der Waals surface area contributed by atoms with Crippen LogP contribution in [-0.2, 0) is 13.0 Å². The van der Waals surface area contributed by atoms with Crippen molar-refractivity contribution in [3.8, 4) is 0 Å². The number of fused-ring (bicyclic) bond motifs is 1. The van der Waals surface area contributed by atoms with Gasteiger partial charge in [-0.15, -0.1) is 0 Å². The molecule has 2 radical (unpaired) electrons. The lowest BCUT2D eigenvalue weighted by molar-refractivity contribution is 0.226. The van der Waals surface area contributed by atoms with E-state index in [4.69, 9.17) is 24.4 Å². The van der Waals surface area contributed by atoms with E-state index < -0.39 is 6.00 Å². The molecule has 0 fully saturated rings. The van der Waals surface area contributed by atoms with E-state index in [2.05, 4.69) is 30.5 Å². The zero-order valence-electron chi connectivity index (χ0n) is 14.4. The molecule has 1 aromatic heterocycles. The third kappa shape index (κ3) is 3.70. The van der Waals surface area contributed by atoms with Crippen LogP contribution in [-0.4, -0.2) is 28.5 Å². The smallest absolute Gasteiger partial charge is 0.112 e. The number of aliphatic hydroxyl groups is 1. The van der Waals surface area contributed by atoms with Crippen molar-refractivity contribution in [1.29, 1.82) is 0 Å². The number of imidazole rings is 1. The SMILES string of the molecule is [B]C(O)CC1CCCc2nc(C(C)C)n(Cc3ccc(Cl)cc3)c21. The summed E-state index contributed by atoms with van der Waals surface area (Å²) in [5.74, 6) is 1.75. The highest BCUT2D eigenvalue weighted by Gasteiger charge is 2.29. The minimum atomic E-state index is -0.776. The minimum Gasteiger partial charge on any atom is -0.403 e. The summed E-state index contributed by atoms with van der Waals surface area (Å²) in [7, 11) is 5.68. The fraction of sp³-hybridized carbons (Fsp3) is 0.526. The highest BCUT2D eigenvalue weighted by Crippen LogP contribution is 2.37. The molecule has 5 heteroatoms. The van der Waals surface area contributed by atoms with Gasteiger partial charge in [-0.05, 0) is 43.4 Å². The summed E-state index contributed by atoms with van der Waals surface area (Å²) >= 11 is 6.01. The zero-order valence-corrected chi connectivity index (χ0v) is 15.1. The number of rotatable bonds is 5. The van der Waals surface area contributed by atoms with E-state index in [0.717, 1.165) is 36.7 Å². The Balaban J connectivity index is 2.02. The maximum atomic E-state index is 9.69. The molecule has 1 N–H and O–H groups in total. The molecule has 0 amide bonds. The quantitative estimate of drug-likeness (QED) is 0.834. The van der Waals surface area contributed by atoms with Crippen molar-refractivity contribution in [3.05, 3.63) is 52.1 Å². The molecule has 0 saturated heterocycles. The van der Waals surface area contributed by atoms with E-state index in [0.29, 0.717) is 12.3 Å². The fourth-order valence-electron chi connectivity index (χ4n) is 3.73. The second-order valence-corrected chi connectivity index (χ2v) is 7.50. The number of hydrogen-bond acceptors (Lipinski definition) is 2. The van der Waals surface area contributed by atoms with Gasteiger partial charge in [-0.25, -0.2) is 4.98 Å². The van der Waals surface area contributed by atoms with Gasteiger partial charge < -0.3 is 9.67 Å². The molecular formula is C19H24BClN2O. The summed E-state index contributed by atoms with van der Waals surface area (Å²) in [5.41, 5.74) is 3.66. The number of nitrogens with zero attached hydrogens (tertiary/aromatic N) is 2. The van der Waals surface area contributed by atoms with Crippen molar-refractivity contribution in [2.45, 2.75) is 63.9 Å². The largest absolute Gasteiger partial charge is 0.403 e. The van der Waals surface area contributed by atoms with E-state index >= 15 is 0 Å². The summed E-state index contributed by atoms with van der Waals surface area (Å²) in [6.07, 6.45) is 3.78. The summed E-state index contributed by atoms with van der Waals surface area (Å²) in [6, 6.07) is 7.21. The fourth-order valence-corrected chi connectivity index (χ4v) is 3.85. The van der Waals surface area contributed by atoms with Gasteiger partial charge in [-0.1, -0.05) is 37.6 Å². The first-order valence-corrected chi connectivity index (χ1v) is 9.10. The molecular weight excluding hydrogens is 318 g/mol. The van der Waals surface area contributed by atoms with Gasteiger partial charge in [0.25, 0.3) is 0 Å². The van der Waals surface area contributed by atoms with Crippen LogP contribution in [0.3, 0.4) is 0 Å². The van der Waals surface area contributed by atoms with Crippen LogP contribution in [0.25, 0.3) is 0 Å². The van der Waals surface area contributed by atoms with E-state index in [1.807, 2.05) is 12.1 Å². The first kappa shape index (κ1) is 17.6. The van der Waals surface area contributed by atoms with Crippen LogP contribution < -0.4 is 0 Å². The topological polar surface area (TPSA) is 38.1 Å². The zero-order chi connectivity index (χ0) is 17.3. The third-order valence-electron chi connectivity index (χ3n) is 4.76. The van der Waals surface area contributed by atoms with Gasteiger partial charge in [-0.2, -0.15) is 0 Å². The molecule has 1 aliphatic rings. The maximum absolute atomic E-state index is 9.69. The van der Waals surface area contributed by atoms with E-state index in [9.17, 15) is 5.11 Å². The average Bonchev–Trinajstić information content (AvgIpc) is 2.89. The molecule has 2 unspecified atom stereocenters. The van der Waals surface area contributed by atoms with E-state index in [1.54, 1.807) is 0 Å². The summed E-state index contributed by atoms with van der Waals surface area (Å²) < 4.78 is 2.34. The molecule has 0 bridgehead atoms. The lowest BCUT2D eigenvalue weighted by atomic mass is 9.81. The predicted molar refractivity (Wildman–Crippen MR) is 98.9 cm³/mol. The van der Waals surface area contributed by atoms with Gasteiger partial charge in [-0.3, -0.25) is 0 Å². The van der Waals surface area contributed by atoms with Gasteiger partial charge in [0, 0.05) is 35.1 Å². The van der Waals surface area contributed by atoms with Crippen LogP contribution in [0.4, 0.5) is 0 Å². The lowest BCUT2D eigenvalue weighted by Crippen LogP contribution is -2.20. The molecule has 126 valence electrons. The normalized spacial score (nSPS) is 18.6. The Bertz CT molecular complexity index is 694. The molecule has 0 saturated carbocycles. The Labute approximate surface area is 150 Å². The summed E-state index contributed by atoms with van der Waals surface area (Å²) in [5, 5.41) is 10.4. The van der Waals surface area contributed by atoms with Crippen molar-refractivity contribution in [1.82, 2.24) is 9.55 Å². The van der Waals surface area contributed by atoms with Crippen molar-refractivity contribution in [2.24, 2.45) is 0 Å². The molecule has 1 aromatic carbocycles. The molecule has 0 spiro atoms.